The third-order valence-electron chi connectivity index (χ3n) is 1.97. The van der Waals surface area contributed by atoms with Gasteiger partial charge in [-0.2, -0.15) is 5.10 Å². The van der Waals surface area contributed by atoms with Gasteiger partial charge >= 0.3 is 0 Å². The zero-order valence-electron chi connectivity index (χ0n) is 8.05. The predicted octanol–water partition coefficient (Wildman–Crippen LogP) is 1.09. The number of hydrogen-bond donors (Lipinski definition) is 2. The molecule has 15 heavy (non-hydrogen) atoms. The Hall–Kier alpha value is -1.75. The molecule has 0 aliphatic heterocycles. The number of nitrogens with one attached hydrogen (secondary N) is 1. The number of pyridine rings is 1. The van der Waals surface area contributed by atoms with Crippen LogP contribution in [0.1, 0.15) is 0 Å². The van der Waals surface area contributed by atoms with Gasteiger partial charge in [0.1, 0.15) is 5.69 Å². The first-order valence-corrected chi connectivity index (χ1v) is 4.72. The highest BCUT2D eigenvalue weighted by Gasteiger charge is 2.08. The maximum absolute atomic E-state index is 9.23. The van der Waals surface area contributed by atoms with E-state index in [1.54, 1.807) is 24.0 Å². The quantitative estimate of drug-likeness (QED) is 0.594. The van der Waals surface area contributed by atoms with Crippen LogP contribution >= 0.6 is 11.6 Å². The number of anilines is 1. The molecule has 0 aliphatic carbocycles. The zero-order chi connectivity index (χ0) is 10.8. The monoisotopic (exact) mass is 225 g/mol. The molecule has 0 spiro atoms. The van der Waals surface area contributed by atoms with E-state index in [9.17, 15) is 5.21 Å². The first kappa shape index (κ1) is 9.79. The Bertz CT molecular complexity index is 483. The van der Waals surface area contributed by atoms with E-state index in [1.807, 2.05) is 6.07 Å². The highest BCUT2D eigenvalue weighted by Crippen LogP contribution is 2.20. The molecule has 0 saturated carbocycles. The molecule has 0 saturated heterocycles. The molecule has 0 radical (unpaired) electrons. The molecule has 0 atom stereocenters. The molecule has 0 fully saturated rings. The molecule has 2 N–H and O–H groups in total. The Balaban J connectivity index is 2.45. The van der Waals surface area contributed by atoms with E-state index in [0.29, 0.717) is 5.15 Å². The van der Waals surface area contributed by atoms with Crippen molar-refractivity contribution in [2.24, 2.45) is 0 Å². The van der Waals surface area contributed by atoms with Gasteiger partial charge in [-0.1, -0.05) is 11.6 Å². The second kappa shape index (κ2) is 3.78. The first-order chi connectivity index (χ1) is 7.20. The minimum atomic E-state index is 0.394. The summed E-state index contributed by atoms with van der Waals surface area (Å²) in [6.07, 6.45) is 4.80. The lowest BCUT2D eigenvalue weighted by molar-refractivity contribution is -0.904. The molecule has 0 aromatic carbocycles. The first-order valence-electron chi connectivity index (χ1n) is 4.34. The van der Waals surface area contributed by atoms with Crippen LogP contribution in [0.25, 0.3) is 5.69 Å². The highest BCUT2D eigenvalue weighted by molar-refractivity contribution is 6.31. The molecular weight excluding hydrogens is 216 g/mol. The van der Waals surface area contributed by atoms with E-state index in [-0.39, 0.29) is 0 Å². The molecule has 78 valence electrons. The van der Waals surface area contributed by atoms with Gasteiger partial charge in [-0.25, -0.2) is 4.68 Å². The van der Waals surface area contributed by atoms with Crippen molar-refractivity contribution in [2.45, 2.75) is 0 Å². The average Bonchev–Trinajstić information content (AvgIpc) is 2.60. The van der Waals surface area contributed by atoms with E-state index in [1.165, 1.54) is 12.4 Å². The van der Waals surface area contributed by atoms with Crippen LogP contribution in [0.4, 0.5) is 5.69 Å². The Morgan fingerprint density at radius 1 is 1.60 bits per heavy atom. The Morgan fingerprint density at radius 3 is 3.00 bits per heavy atom. The van der Waals surface area contributed by atoms with Crippen LogP contribution in [0.5, 0.6) is 0 Å². The van der Waals surface area contributed by atoms with Gasteiger partial charge in [0.15, 0.2) is 5.15 Å². The van der Waals surface area contributed by atoms with Crippen LogP contribution < -0.4 is 10.0 Å². The molecule has 0 unspecified atom stereocenters. The molecule has 2 heterocycles. The van der Waals surface area contributed by atoms with Gasteiger partial charge in [0, 0.05) is 17.8 Å². The van der Waals surface area contributed by atoms with E-state index in [0.717, 1.165) is 16.1 Å². The van der Waals surface area contributed by atoms with Crippen LogP contribution in [0, 0.1) is 0 Å². The summed E-state index contributed by atoms with van der Waals surface area (Å²) in [6.45, 7) is 0. The lowest BCUT2D eigenvalue weighted by atomic mass is 10.4. The fourth-order valence-electron chi connectivity index (χ4n) is 1.24. The van der Waals surface area contributed by atoms with Gasteiger partial charge in [-0.05, 0) is 6.07 Å². The Labute approximate surface area is 91.5 Å². The second-order valence-electron chi connectivity index (χ2n) is 2.97. The van der Waals surface area contributed by atoms with E-state index in [2.05, 4.69) is 10.4 Å². The Kier molecular flexibility index (Phi) is 2.47. The molecule has 2 rings (SSSR count). The number of nitrogens with zero attached hydrogens (tertiary/aromatic N) is 3. The second-order valence-corrected chi connectivity index (χ2v) is 3.33. The van der Waals surface area contributed by atoms with Crippen molar-refractivity contribution < 1.29 is 9.94 Å². The normalized spacial score (nSPS) is 10.3. The molecule has 2 aromatic heterocycles. The molecule has 5 nitrogen and oxygen atoms in total. The molecule has 6 heteroatoms. The van der Waals surface area contributed by atoms with Crippen molar-refractivity contribution in [1.29, 1.82) is 0 Å². The smallest absolute Gasteiger partial charge is 0.247 e. The number of rotatable bonds is 2. The minimum absolute atomic E-state index is 0.394. The summed E-state index contributed by atoms with van der Waals surface area (Å²) in [4.78, 5) is 0. The maximum atomic E-state index is 9.23. The van der Waals surface area contributed by atoms with Gasteiger partial charge in [-0.3, -0.25) is 5.21 Å². The maximum Gasteiger partial charge on any atom is 0.247 e. The summed E-state index contributed by atoms with van der Waals surface area (Å²) in [5.74, 6) is 0. The van der Waals surface area contributed by atoms with E-state index in [4.69, 9.17) is 11.6 Å². The zero-order valence-corrected chi connectivity index (χ0v) is 8.81. The third-order valence-corrected chi connectivity index (χ3v) is 2.25. The van der Waals surface area contributed by atoms with Gasteiger partial charge in [-0.15, -0.1) is 0 Å². The molecule has 0 amide bonds. The van der Waals surface area contributed by atoms with Gasteiger partial charge in [0.2, 0.25) is 12.4 Å². The minimum Gasteiger partial charge on any atom is -0.384 e. The van der Waals surface area contributed by atoms with Crippen molar-refractivity contribution in [3.8, 4) is 5.69 Å². The van der Waals surface area contributed by atoms with Gasteiger partial charge < -0.3 is 5.32 Å². The summed E-state index contributed by atoms with van der Waals surface area (Å²) < 4.78 is 2.55. The van der Waals surface area contributed by atoms with Crippen LogP contribution in [0.2, 0.25) is 5.15 Å². The van der Waals surface area contributed by atoms with Crippen molar-refractivity contribution in [3.05, 3.63) is 35.9 Å². The van der Waals surface area contributed by atoms with Crippen molar-refractivity contribution in [3.63, 3.8) is 0 Å². The largest absolute Gasteiger partial charge is 0.384 e. The third kappa shape index (κ3) is 1.87. The number of aromatic nitrogens is 3. The standard InChI is InChI=1S/C9H10ClN4O/c1-11-8-6-14(12-9(8)10)7-3-2-4-13(15)5-7/h2-6,11,15H,1H3/q+1. The lowest BCUT2D eigenvalue weighted by Crippen LogP contribution is -2.29. The van der Waals surface area contributed by atoms with Gasteiger partial charge in [0.05, 0.1) is 11.9 Å². The fourth-order valence-corrected chi connectivity index (χ4v) is 1.46. The van der Waals surface area contributed by atoms with Crippen molar-refractivity contribution >= 4 is 17.3 Å². The van der Waals surface area contributed by atoms with E-state index < -0.39 is 0 Å². The van der Waals surface area contributed by atoms with Crippen molar-refractivity contribution in [1.82, 2.24) is 9.78 Å². The van der Waals surface area contributed by atoms with Crippen LogP contribution in [-0.4, -0.2) is 22.0 Å². The molecular formula is C9H10ClN4O+. The van der Waals surface area contributed by atoms with Crippen molar-refractivity contribution in [2.75, 3.05) is 12.4 Å². The predicted molar refractivity (Wildman–Crippen MR) is 55.5 cm³/mol. The fraction of sp³-hybridized carbons (Fsp3) is 0.111. The summed E-state index contributed by atoms with van der Waals surface area (Å²) in [5.41, 5.74) is 1.47. The van der Waals surface area contributed by atoms with E-state index >= 15 is 0 Å². The molecule has 0 aliphatic rings. The lowest BCUT2D eigenvalue weighted by Gasteiger charge is -1.95. The SMILES string of the molecule is CNc1cn(-c2ccc[n+](O)c2)nc1Cl. The molecule has 2 aromatic rings. The number of halogens is 1. The number of hydrogen-bond acceptors (Lipinski definition) is 3. The highest BCUT2D eigenvalue weighted by atomic mass is 35.5. The average molecular weight is 226 g/mol. The summed E-state index contributed by atoms with van der Waals surface area (Å²) in [6, 6.07) is 3.53. The van der Waals surface area contributed by atoms with Crippen LogP contribution in [0.3, 0.4) is 0 Å². The Morgan fingerprint density at radius 2 is 2.40 bits per heavy atom. The summed E-state index contributed by atoms with van der Waals surface area (Å²) in [7, 11) is 1.77. The summed E-state index contributed by atoms with van der Waals surface area (Å²) in [5, 5.41) is 16.6. The molecule has 0 bridgehead atoms. The topological polar surface area (TPSA) is 54.0 Å². The van der Waals surface area contributed by atoms with Crippen LogP contribution in [0.15, 0.2) is 30.7 Å². The van der Waals surface area contributed by atoms with Crippen LogP contribution in [-0.2, 0) is 0 Å². The van der Waals surface area contributed by atoms with Gasteiger partial charge in [0.25, 0.3) is 0 Å². The summed E-state index contributed by atoms with van der Waals surface area (Å²) >= 11 is 5.87.